The molecule has 0 saturated heterocycles. The highest BCUT2D eigenvalue weighted by Crippen LogP contribution is 2.29. The van der Waals surface area contributed by atoms with E-state index in [0.717, 1.165) is 42.8 Å². The molecule has 6 nitrogen and oxygen atoms in total. The number of para-hydroxylation sites is 1. The second-order valence-electron chi connectivity index (χ2n) is 7.94. The fourth-order valence-electron chi connectivity index (χ4n) is 3.99. The van der Waals surface area contributed by atoms with Crippen molar-refractivity contribution in [3.63, 3.8) is 0 Å². The number of nitrogens with zero attached hydrogens (tertiary/aromatic N) is 3. The molecule has 0 spiro atoms. The van der Waals surface area contributed by atoms with Gasteiger partial charge in [-0.2, -0.15) is 4.99 Å². The first-order chi connectivity index (χ1) is 16.4. The van der Waals surface area contributed by atoms with Crippen LogP contribution in [0.4, 0.5) is 0 Å². The molecule has 0 aliphatic heterocycles. The fraction of sp³-hybridized carbons (Fsp3) is 0.154. The van der Waals surface area contributed by atoms with E-state index >= 15 is 0 Å². The van der Waals surface area contributed by atoms with Gasteiger partial charge >= 0.3 is 5.97 Å². The van der Waals surface area contributed by atoms with Gasteiger partial charge in [-0.05, 0) is 54.6 Å². The number of ether oxygens (including phenoxy) is 1. The molecule has 8 heteroatoms. The summed E-state index contributed by atoms with van der Waals surface area (Å²) in [4.78, 5) is 36.4. The molecule has 3 aromatic heterocycles. The smallest absolute Gasteiger partial charge is 0.325 e. The summed E-state index contributed by atoms with van der Waals surface area (Å²) in [5.74, 6) is -0.780. The molecule has 0 bridgehead atoms. The van der Waals surface area contributed by atoms with Gasteiger partial charge in [0.2, 0.25) is 0 Å². The monoisotopic (exact) mass is 487 g/mol. The number of rotatable bonds is 4. The van der Waals surface area contributed by atoms with Crippen molar-refractivity contribution >= 4 is 55.7 Å². The van der Waals surface area contributed by atoms with Crippen LogP contribution in [0.3, 0.4) is 0 Å². The third-order valence-electron chi connectivity index (χ3n) is 5.55. The van der Waals surface area contributed by atoms with E-state index in [1.54, 1.807) is 22.0 Å². The summed E-state index contributed by atoms with van der Waals surface area (Å²) in [6, 6.07) is 17.4. The average Bonchev–Trinajstić information content (AvgIpc) is 3.48. The zero-order valence-electron chi connectivity index (χ0n) is 18.9. The Morgan fingerprint density at radius 2 is 1.91 bits per heavy atom. The third kappa shape index (κ3) is 4.06. The molecule has 170 valence electrons. The standard InChI is InChI=1S/C26H21N3O3S2/c1-15-11-16(2)24-21(12-15)29(14-23(30)32-3)26(34-24)28-25(31)18-13-20(22-9-6-10-33-22)27-19-8-5-4-7-17(18)19/h4-13H,14H2,1-3H3. The molecule has 3 heterocycles. The maximum Gasteiger partial charge on any atom is 0.325 e. The van der Waals surface area contributed by atoms with Crippen LogP contribution >= 0.6 is 22.7 Å². The summed E-state index contributed by atoms with van der Waals surface area (Å²) in [5.41, 5.74) is 4.94. The van der Waals surface area contributed by atoms with Gasteiger partial charge < -0.3 is 9.30 Å². The summed E-state index contributed by atoms with van der Waals surface area (Å²) in [7, 11) is 1.35. The first-order valence-electron chi connectivity index (χ1n) is 10.6. The topological polar surface area (TPSA) is 73.6 Å². The molecule has 5 rings (SSSR count). The summed E-state index contributed by atoms with van der Waals surface area (Å²) in [6.07, 6.45) is 0. The largest absolute Gasteiger partial charge is 0.468 e. The van der Waals surface area contributed by atoms with Crippen LogP contribution in [0.1, 0.15) is 21.5 Å². The third-order valence-corrected chi connectivity index (χ3v) is 7.67. The number of benzene rings is 2. The van der Waals surface area contributed by atoms with Gasteiger partial charge in [0.25, 0.3) is 5.91 Å². The van der Waals surface area contributed by atoms with Crippen molar-refractivity contribution in [2.75, 3.05) is 7.11 Å². The van der Waals surface area contributed by atoms with E-state index in [1.165, 1.54) is 18.4 Å². The molecule has 0 aliphatic rings. The van der Waals surface area contributed by atoms with Gasteiger partial charge in [-0.15, -0.1) is 11.3 Å². The lowest BCUT2D eigenvalue weighted by atomic mass is 10.1. The SMILES string of the molecule is COC(=O)Cn1c(=NC(=O)c2cc(-c3cccs3)nc3ccccc23)sc2c(C)cc(C)cc21. The Labute approximate surface area is 203 Å². The minimum atomic E-state index is -0.401. The van der Waals surface area contributed by atoms with Crippen LogP contribution in [0, 0.1) is 13.8 Å². The number of pyridine rings is 1. The predicted molar refractivity (Wildman–Crippen MR) is 136 cm³/mol. The van der Waals surface area contributed by atoms with Crippen LogP contribution in [0.15, 0.2) is 65.0 Å². The normalized spacial score (nSPS) is 11.9. The zero-order chi connectivity index (χ0) is 23.8. The molecule has 0 saturated carbocycles. The molecule has 34 heavy (non-hydrogen) atoms. The molecule has 0 radical (unpaired) electrons. The van der Waals surface area contributed by atoms with Gasteiger partial charge in [-0.25, -0.2) is 4.98 Å². The second-order valence-corrected chi connectivity index (χ2v) is 9.87. The number of hydrogen-bond donors (Lipinski definition) is 0. The van der Waals surface area contributed by atoms with E-state index in [1.807, 2.05) is 61.7 Å². The second kappa shape index (κ2) is 8.96. The molecule has 0 unspecified atom stereocenters. The van der Waals surface area contributed by atoms with Crippen molar-refractivity contribution in [1.29, 1.82) is 0 Å². The summed E-state index contributed by atoms with van der Waals surface area (Å²) in [5, 5.41) is 2.72. The quantitative estimate of drug-likeness (QED) is 0.313. The number of thiophene rings is 1. The van der Waals surface area contributed by atoms with Gasteiger partial charge in [0.1, 0.15) is 6.54 Å². The van der Waals surface area contributed by atoms with Gasteiger partial charge in [0, 0.05) is 5.39 Å². The number of methoxy groups -OCH3 is 1. The number of amides is 1. The minimum Gasteiger partial charge on any atom is -0.468 e. The van der Waals surface area contributed by atoms with Crippen molar-refractivity contribution < 1.29 is 14.3 Å². The van der Waals surface area contributed by atoms with Gasteiger partial charge in [-0.3, -0.25) is 9.59 Å². The van der Waals surface area contributed by atoms with Crippen molar-refractivity contribution in [3.8, 4) is 10.6 Å². The Morgan fingerprint density at radius 1 is 1.09 bits per heavy atom. The summed E-state index contributed by atoms with van der Waals surface area (Å²) < 4.78 is 7.65. The highest BCUT2D eigenvalue weighted by molar-refractivity contribution is 7.16. The Balaban J connectivity index is 1.73. The van der Waals surface area contributed by atoms with E-state index < -0.39 is 5.97 Å². The number of esters is 1. The number of thiazole rings is 1. The molecule has 0 atom stereocenters. The molecule has 5 aromatic rings. The first-order valence-corrected chi connectivity index (χ1v) is 12.3. The number of hydrogen-bond acceptors (Lipinski definition) is 6. The molecular weight excluding hydrogens is 466 g/mol. The maximum atomic E-state index is 13.6. The van der Waals surface area contributed by atoms with E-state index in [0.29, 0.717) is 10.4 Å². The van der Waals surface area contributed by atoms with Gasteiger partial charge in [0.05, 0.1) is 39.0 Å². The Hall–Kier alpha value is -3.62. The van der Waals surface area contributed by atoms with Gasteiger partial charge in [0.15, 0.2) is 4.80 Å². The first kappa shape index (κ1) is 22.2. The van der Waals surface area contributed by atoms with Crippen LogP contribution in [-0.2, 0) is 16.1 Å². The minimum absolute atomic E-state index is 0.0248. The molecular formula is C26H21N3O3S2. The molecule has 0 fully saturated rings. The molecule has 1 amide bonds. The highest BCUT2D eigenvalue weighted by atomic mass is 32.1. The van der Waals surface area contributed by atoms with E-state index in [4.69, 9.17) is 9.72 Å². The Bertz CT molecular complexity index is 1630. The lowest BCUT2D eigenvalue weighted by molar-refractivity contribution is -0.141. The average molecular weight is 488 g/mol. The summed E-state index contributed by atoms with van der Waals surface area (Å²) in [6.45, 7) is 4.00. The molecule has 2 aromatic carbocycles. The number of carbonyl (C=O) groups excluding carboxylic acids is 2. The zero-order valence-corrected chi connectivity index (χ0v) is 20.5. The maximum absolute atomic E-state index is 13.6. The van der Waals surface area contributed by atoms with Crippen molar-refractivity contribution in [2.24, 2.45) is 4.99 Å². The van der Waals surface area contributed by atoms with Crippen LogP contribution < -0.4 is 4.80 Å². The molecule has 0 aliphatic carbocycles. The van der Waals surface area contributed by atoms with Crippen LogP contribution in [0.5, 0.6) is 0 Å². The highest BCUT2D eigenvalue weighted by Gasteiger charge is 2.17. The van der Waals surface area contributed by atoms with Gasteiger partial charge in [-0.1, -0.05) is 41.7 Å². The van der Waals surface area contributed by atoms with Crippen LogP contribution in [-0.4, -0.2) is 28.5 Å². The van der Waals surface area contributed by atoms with E-state index in [9.17, 15) is 9.59 Å². The summed E-state index contributed by atoms with van der Waals surface area (Å²) >= 11 is 2.96. The Morgan fingerprint density at radius 3 is 2.68 bits per heavy atom. The lowest BCUT2D eigenvalue weighted by Gasteiger charge is -2.07. The van der Waals surface area contributed by atoms with Crippen molar-refractivity contribution in [2.45, 2.75) is 20.4 Å². The number of aryl methyl sites for hydroxylation is 2. The fourth-order valence-corrected chi connectivity index (χ4v) is 5.76. The van der Waals surface area contributed by atoms with E-state index in [-0.39, 0.29) is 12.5 Å². The number of carbonyl (C=O) groups is 2. The van der Waals surface area contributed by atoms with Crippen molar-refractivity contribution in [1.82, 2.24) is 9.55 Å². The van der Waals surface area contributed by atoms with Crippen LogP contribution in [0.2, 0.25) is 0 Å². The lowest BCUT2D eigenvalue weighted by Crippen LogP contribution is -2.22. The van der Waals surface area contributed by atoms with Crippen molar-refractivity contribution in [3.05, 3.63) is 81.5 Å². The number of aromatic nitrogens is 2. The van der Waals surface area contributed by atoms with E-state index in [2.05, 4.69) is 11.1 Å². The molecule has 0 N–H and O–H groups in total. The Kier molecular flexibility index (Phi) is 5.85. The number of fused-ring (bicyclic) bond motifs is 2. The predicted octanol–water partition coefficient (Wildman–Crippen LogP) is 5.51. The van der Waals surface area contributed by atoms with Crippen LogP contribution in [0.25, 0.3) is 31.7 Å².